The van der Waals surface area contributed by atoms with Crippen molar-refractivity contribution in [3.8, 4) is 0 Å². The van der Waals surface area contributed by atoms with Gasteiger partial charge in [0.2, 0.25) is 0 Å². The van der Waals surface area contributed by atoms with E-state index in [9.17, 15) is 13.2 Å². The van der Waals surface area contributed by atoms with E-state index in [2.05, 4.69) is 0 Å². The van der Waals surface area contributed by atoms with Gasteiger partial charge in [-0.3, -0.25) is 0 Å². The van der Waals surface area contributed by atoms with Gasteiger partial charge in [0.05, 0.1) is 11.1 Å². The molecule has 0 aliphatic carbocycles. The quantitative estimate of drug-likeness (QED) is 0.879. The van der Waals surface area contributed by atoms with E-state index in [1.54, 1.807) is 17.7 Å². The standard InChI is InChI=1S/C13H15F3N2/c1-8-9-4-3-5-10(13(14,15)16)12(9)18(2)11(8)6-7-17/h3-5H,6-7,17H2,1-2H3. The maximum atomic E-state index is 13.0. The van der Waals surface area contributed by atoms with Crippen LogP contribution in [-0.2, 0) is 19.6 Å². The second-order valence-electron chi connectivity index (χ2n) is 4.37. The highest BCUT2D eigenvalue weighted by molar-refractivity contribution is 5.88. The first kappa shape index (κ1) is 13.0. The van der Waals surface area contributed by atoms with Crippen molar-refractivity contribution in [2.75, 3.05) is 6.54 Å². The molecule has 0 fully saturated rings. The second kappa shape index (κ2) is 4.31. The third kappa shape index (κ3) is 1.88. The maximum absolute atomic E-state index is 13.0. The predicted octanol–water partition coefficient (Wildman–Crippen LogP) is 3.01. The van der Waals surface area contributed by atoms with E-state index >= 15 is 0 Å². The van der Waals surface area contributed by atoms with E-state index in [0.29, 0.717) is 18.4 Å². The second-order valence-corrected chi connectivity index (χ2v) is 4.37. The number of nitrogens with two attached hydrogens (primary N) is 1. The molecule has 0 saturated heterocycles. The van der Waals surface area contributed by atoms with Crippen molar-refractivity contribution < 1.29 is 13.2 Å². The van der Waals surface area contributed by atoms with Crippen LogP contribution in [0.4, 0.5) is 13.2 Å². The van der Waals surface area contributed by atoms with E-state index in [0.717, 1.165) is 17.3 Å². The molecule has 0 radical (unpaired) electrons. The molecule has 5 heteroatoms. The first-order valence-corrected chi connectivity index (χ1v) is 5.72. The average molecular weight is 256 g/mol. The normalized spacial score (nSPS) is 12.3. The zero-order chi connectivity index (χ0) is 13.5. The summed E-state index contributed by atoms with van der Waals surface area (Å²) in [5.74, 6) is 0. The topological polar surface area (TPSA) is 30.9 Å². The Labute approximate surface area is 103 Å². The minimum atomic E-state index is -4.34. The molecule has 2 N–H and O–H groups in total. The van der Waals surface area contributed by atoms with Crippen LogP contribution < -0.4 is 5.73 Å². The summed E-state index contributed by atoms with van der Waals surface area (Å²) in [6.07, 6.45) is -3.76. The van der Waals surface area contributed by atoms with Crippen LogP contribution in [0.25, 0.3) is 10.9 Å². The number of aryl methyl sites for hydroxylation is 2. The number of para-hydroxylation sites is 1. The Morgan fingerprint density at radius 2 is 1.94 bits per heavy atom. The minimum absolute atomic E-state index is 0.242. The van der Waals surface area contributed by atoms with Crippen LogP contribution in [0.3, 0.4) is 0 Å². The first-order valence-electron chi connectivity index (χ1n) is 5.72. The van der Waals surface area contributed by atoms with Crippen molar-refractivity contribution >= 4 is 10.9 Å². The molecule has 18 heavy (non-hydrogen) atoms. The summed E-state index contributed by atoms with van der Waals surface area (Å²) in [6.45, 7) is 2.26. The van der Waals surface area contributed by atoms with Gasteiger partial charge in [0, 0.05) is 24.5 Å². The molecule has 0 atom stereocenters. The number of nitrogens with zero attached hydrogens (tertiary/aromatic N) is 1. The van der Waals surface area contributed by atoms with Crippen LogP contribution in [0, 0.1) is 6.92 Å². The number of fused-ring (bicyclic) bond motifs is 1. The van der Waals surface area contributed by atoms with Gasteiger partial charge in [0.25, 0.3) is 0 Å². The van der Waals surface area contributed by atoms with Crippen LogP contribution in [0.1, 0.15) is 16.8 Å². The zero-order valence-electron chi connectivity index (χ0n) is 10.3. The van der Waals surface area contributed by atoms with Gasteiger partial charge in [-0.05, 0) is 25.1 Å². The first-order chi connectivity index (χ1) is 8.38. The summed E-state index contributed by atoms with van der Waals surface area (Å²) in [7, 11) is 1.66. The molecular formula is C13H15F3N2. The number of hydrogen-bond donors (Lipinski definition) is 1. The zero-order valence-corrected chi connectivity index (χ0v) is 10.3. The van der Waals surface area contributed by atoms with Crippen LogP contribution >= 0.6 is 0 Å². The summed E-state index contributed by atoms with van der Waals surface area (Å²) in [6, 6.07) is 4.29. The molecule has 2 aromatic rings. The molecule has 0 spiro atoms. The van der Waals surface area contributed by atoms with Crippen molar-refractivity contribution in [1.82, 2.24) is 4.57 Å². The van der Waals surface area contributed by atoms with Gasteiger partial charge < -0.3 is 10.3 Å². The molecule has 0 aliphatic heterocycles. The summed E-state index contributed by atoms with van der Waals surface area (Å²) in [5.41, 5.74) is 6.90. The van der Waals surface area contributed by atoms with Crippen LogP contribution in [0.2, 0.25) is 0 Å². The van der Waals surface area contributed by atoms with Crippen molar-refractivity contribution in [1.29, 1.82) is 0 Å². The molecular weight excluding hydrogens is 241 g/mol. The van der Waals surface area contributed by atoms with E-state index in [4.69, 9.17) is 5.73 Å². The Morgan fingerprint density at radius 3 is 2.50 bits per heavy atom. The van der Waals surface area contributed by atoms with Gasteiger partial charge in [0.15, 0.2) is 0 Å². The third-order valence-electron chi connectivity index (χ3n) is 3.30. The Balaban J connectivity index is 2.82. The van der Waals surface area contributed by atoms with Crippen LogP contribution in [0.5, 0.6) is 0 Å². The summed E-state index contributed by atoms with van der Waals surface area (Å²) >= 11 is 0. The molecule has 0 saturated carbocycles. The van der Waals surface area contributed by atoms with Crippen LogP contribution in [0.15, 0.2) is 18.2 Å². The molecule has 0 amide bonds. The van der Waals surface area contributed by atoms with Gasteiger partial charge in [-0.2, -0.15) is 13.2 Å². The Hall–Kier alpha value is -1.49. The van der Waals surface area contributed by atoms with Gasteiger partial charge in [-0.15, -0.1) is 0 Å². The SMILES string of the molecule is Cc1c(CCN)n(C)c2c(C(F)(F)F)cccc12. The highest BCUT2D eigenvalue weighted by Crippen LogP contribution is 2.37. The molecule has 0 unspecified atom stereocenters. The number of aromatic nitrogens is 1. The van der Waals surface area contributed by atoms with Crippen molar-refractivity contribution in [3.63, 3.8) is 0 Å². The summed E-state index contributed by atoms with van der Waals surface area (Å²) in [4.78, 5) is 0. The van der Waals surface area contributed by atoms with Gasteiger partial charge in [-0.25, -0.2) is 0 Å². The molecule has 98 valence electrons. The summed E-state index contributed by atoms with van der Waals surface area (Å²) in [5, 5.41) is 0.649. The fraction of sp³-hybridized carbons (Fsp3) is 0.385. The van der Waals surface area contributed by atoms with Gasteiger partial charge in [0.1, 0.15) is 0 Å². The number of halogens is 3. The van der Waals surface area contributed by atoms with E-state index in [1.807, 2.05) is 6.92 Å². The molecule has 0 aliphatic rings. The molecule has 1 heterocycles. The minimum Gasteiger partial charge on any atom is -0.347 e. The number of hydrogen-bond acceptors (Lipinski definition) is 1. The molecule has 0 bridgehead atoms. The predicted molar refractivity (Wildman–Crippen MR) is 65.4 cm³/mol. The van der Waals surface area contributed by atoms with Gasteiger partial charge in [-0.1, -0.05) is 12.1 Å². The lowest BCUT2D eigenvalue weighted by molar-refractivity contribution is -0.136. The molecule has 1 aromatic carbocycles. The third-order valence-corrected chi connectivity index (χ3v) is 3.30. The number of alkyl halides is 3. The van der Waals surface area contributed by atoms with E-state index in [-0.39, 0.29) is 5.52 Å². The Kier molecular flexibility index (Phi) is 3.11. The fourth-order valence-corrected chi connectivity index (χ4v) is 2.47. The fourth-order valence-electron chi connectivity index (χ4n) is 2.47. The van der Waals surface area contributed by atoms with E-state index in [1.165, 1.54) is 6.07 Å². The highest BCUT2D eigenvalue weighted by Gasteiger charge is 2.34. The number of benzene rings is 1. The largest absolute Gasteiger partial charge is 0.418 e. The van der Waals surface area contributed by atoms with Crippen molar-refractivity contribution in [2.24, 2.45) is 12.8 Å². The lowest BCUT2D eigenvalue weighted by atomic mass is 10.1. The molecule has 1 aromatic heterocycles. The van der Waals surface area contributed by atoms with Gasteiger partial charge >= 0.3 is 6.18 Å². The lowest BCUT2D eigenvalue weighted by Gasteiger charge is -2.10. The maximum Gasteiger partial charge on any atom is 0.418 e. The lowest BCUT2D eigenvalue weighted by Crippen LogP contribution is -2.10. The molecule has 2 rings (SSSR count). The van der Waals surface area contributed by atoms with Crippen molar-refractivity contribution in [3.05, 3.63) is 35.0 Å². The smallest absolute Gasteiger partial charge is 0.347 e. The van der Waals surface area contributed by atoms with Crippen LogP contribution in [-0.4, -0.2) is 11.1 Å². The summed E-state index contributed by atoms with van der Waals surface area (Å²) < 4.78 is 40.6. The Morgan fingerprint density at radius 1 is 1.28 bits per heavy atom. The monoisotopic (exact) mass is 256 g/mol. The molecule has 2 nitrogen and oxygen atoms in total. The van der Waals surface area contributed by atoms with E-state index < -0.39 is 11.7 Å². The highest BCUT2D eigenvalue weighted by atomic mass is 19.4. The van der Waals surface area contributed by atoms with Crippen molar-refractivity contribution in [2.45, 2.75) is 19.5 Å². The Bertz CT molecular complexity index is 582. The number of rotatable bonds is 2. The average Bonchev–Trinajstić information content (AvgIpc) is 2.54.